The molecule has 0 amide bonds. The minimum absolute atomic E-state index is 0.0648. The van der Waals surface area contributed by atoms with Gasteiger partial charge in [0.15, 0.2) is 5.13 Å². The van der Waals surface area contributed by atoms with Crippen LogP contribution in [0.3, 0.4) is 0 Å². The number of rotatable bonds is 7. The molecule has 0 atom stereocenters. The summed E-state index contributed by atoms with van der Waals surface area (Å²) in [5.74, 6) is -0.973. The van der Waals surface area contributed by atoms with Crippen LogP contribution in [0.25, 0.3) is 0 Å². The number of hydrogen-bond donors (Lipinski definition) is 2. The van der Waals surface area contributed by atoms with E-state index in [1.807, 2.05) is 0 Å². The highest BCUT2D eigenvalue weighted by atomic mass is 32.1. The van der Waals surface area contributed by atoms with Crippen LogP contribution in [0.4, 0.5) is 18.3 Å². The van der Waals surface area contributed by atoms with Crippen molar-refractivity contribution in [3.05, 3.63) is 11.1 Å². The zero-order chi connectivity index (χ0) is 15.4. The summed E-state index contributed by atoms with van der Waals surface area (Å²) in [7, 11) is 0. The summed E-state index contributed by atoms with van der Waals surface area (Å²) < 4.78 is 35.8. The van der Waals surface area contributed by atoms with Crippen LogP contribution in [0.5, 0.6) is 0 Å². The van der Waals surface area contributed by atoms with Crippen LogP contribution in [0.2, 0.25) is 0 Å². The Kier molecular flexibility index (Phi) is 5.38. The second kappa shape index (κ2) is 6.43. The fourth-order valence-electron chi connectivity index (χ4n) is 1.40. The molecule has 0 saturated heterocycles. The number of carboxylic acid groups (broad SMARTS) is 1. The largest absolute Gasteiger partial charge is 0.481 e. The number of carbonyl (C=O) groups is 1. The molecular weight excluding hydrogens is 293 g/mol. The molecule has 20 heavy (non-hydrogen) atoms. The molecule has 2 N–H and O–H groups in total. The number of thiazole rings is 1. The maximum Gasteiger partial charge on any atom is 0.389 e. The molecule has 0 radical (unpaired) electrons. The fourth-order valence-corrected chi connectivity index (χ4v) is 2.30. The van der Waals surface area contributed by atoms with Crippen LogP contribution in [-0.2, 0) is 10.2 Å². The Morgan fingerprint density at radius 3 is 2.60 bits per heavy atom. The van der Waals surface area contributed by atoms with Gasteiger partial charge in [0.2, 0.25) is 0 Å². The van der Waals surface area contributed by atoms with E-state index in [2.05, 4.69) is 10.3 Å². The number of nitrogens with one attached hydrogen (secondary N) is 1. The van der Waals surface area contributed by atoms with E-state index < -0.39 is 24.0 Å². The van der Waals surface area contributed by atoms with Crippen molar-refractivity contribution in [1.29, 1.82) is 0 Å². The third kappa shape index (κ3) is 4.99. The van der Waals surface area contributed by atoms with Crippen LogP contribution in [0.15, 0.2) is 5.38 Å². The predicted octanol–water partition coefficient (Wildman–Crippen LogP) is 3.65. The van der Waals surface area contributed by atoms with E-state index in [1.54, 1.807) is 19.2 Å². The van der Waals surface area contributed by atoms with Crippen molar-refractivity contribution in [2.75, 3.05) is 11.9 Å². The number of aliphatic carboxylic acids is 1. The summed E-state index contributed by atoms with van der Waals surface area (Å²) in [5.41, 5.74) is -0.639. The normalized spacial score (nSPS) is 12.4. The van der Waals surface area contributed by atoms with Gasteiger partial charge < -0.3 is 10.4 Å². The number of hydrogen-bond acceptors (Lipinski definition) is 4. The van der Waals surface area contributed by atoms with E-state index in [1.165, 1.54) is 11.3 Å². The Morgan fingerprint density at radius 2 is 2.05 bits per heavy atom. The summed E-state index contributed by atoms with van der Waals surface area (Å²) in [6.07, 6.45) is -4.45. The van der Waals surface area contributed by atoms with Crippen molar-refractivity contribution in [2.45, 2.75) is 44.7 Å². The van der Waals surface area contributed by atoms with Crippen molar-refractivity contribution in [3.8, 4) is 0 Å². The number of alkyl halides is 3. The van der Waals surface area contributed by atoms with Crippen LogP contribution in [0, 0.1) is 0 Å². The standard InChI is InChI=1S/C12H17F3N2O2S/c1-11(2,9(18)19)8-7-20-10(17-8)16-6-4-3-5-12(13,14)15/h7H,3-6H2,1-2H3,(H,16,17)(H,18,19). The molecule has 0 aromatic carbocycles. The van der Waals surface area contributed by atoms with E-state index in [0.29, 0.717) is 23.8 Å². The van der Waals surface area contributed by atoms with Crippen LogP contribution in [0.1, 0.15) is 38.8 Å². The molecule has 1 rings (SSSR count). The van der Waals surface area contributed by atoms with E-state index in [4.69, 9.17) is 5.11 Å². The smallest absolute Gasteiger partial charge is 0.389 e. The van der Waals surface area contributed by atoms with Crippen LogP contribution >= 0.6 is 11.3 Å². The molecule has 1 aromatic rings. The first kappa shape index (κ1) is 16.7. The summed E-state index contributed by atoms with van der Waals surface area (Å²) in [4.78, 5) is 15.2. The van der Waals surface area contributed by atoms with Crippen molar-refractivity contribution in [3.63, 3.8) is 0 Å². The maximum atomic E-state index is 11.9. The number of halogens is 3. The molecule has 0 unspecified atom stereocenters. The predicted molar refractivity (Wildman–Crippen MR) is 71.2 cm³/mol. The highest BCUT2D eigenvalue weighted by Gasteiger charge is 2.32. The Balaban J connectivity index is 2.40. The quantitative estimate of drug-likeness (QED) is 0.755. The number of unbranched alkanes of at least 4 members (excludes halogenated alkanes) is 1. The Bertz CT molecular complexity index is 458. The minimum Gasteiger partial charge on any atom is -0.481 e. The topological polar surface area (TPSA) is 62.2 Å². The van der Waals surface area contributed by atoms with Gasteiger partial charge in [0, 0.05) is 18.3 Å². The summed E-state index contributed by atoms with van der Waals surface area (Å²) in [6.45, 7) is 3.49. The average Bonchev–Trinajstić information content (AvgIpc) is 2.76. The van der Waals surface area contributed by atoms with Gasteiger partial charge in [-0.1, -0.05) is 0 Å². The third-order valence-corrected chi connectivity index (χ3v) is 3.64. The first-order valence-electron chi connectivity index (χ1n) is 6.13. The van der Waals surface area contributed by atoms with Crippen molar-refractivity contribution < 1.29 is 23.1 Å². The van der Waals surface area contributed by atoms with Crippen LogP contribution < -0.4 is 5.32 Å². The SMILES string of the molecule is CC(C)(C(=O)O)c1csc(NCCCCC(F)(F)F)n1. The average molecular weight is 310 g/mol. The Labute approximate surface area is 119 Å². The number of nitrogens with zero attached hydrogens (tertiary/aromatic N) is 1. The summed E-state index contributed by atoms with van der Waals surface area (Å²) in [6, 6.07) is 0. The van der Waals surface area contributed by atoms with Crippen molar-refractivity contribution >= 4 is 22.4 Å². The van der Waals surface area contributed by atoms with E-state index in [-0.39, 0.29) is 6.42 Å². The molecule has 0 saturated carbocycles. The highest BCUT2D eigenvalue weighted by molar-refractivity contribution is 7.13. The molecule has 0 fully saturated rings. The van der Waals surface area contributed by atoms with Gasteiger partial charge in [-0.25, -0.2) is 4.98 Å². The first-order valence-corrected chi connectivity index (χ1v) is 7.01. The number of anilines is 1. The van der Waals surface area contributed by atoms with Gasteiger partial charge in [-0.15, -0.1) is 11.3 Å². The molecular formula is C12H17F3N2O2S. The van der Waals surface area contributed by atoms with Gasteiger partial charge in [0.1, 0.15) is 5.41 Å². The molecule has 0 aliphatic heterocycles. The molecule has 0 spiro atoms. The monoisotopic (exact) mass is 310 g/mol. The lowest BCUT2D eigenvalue weighted by atomic mass is 9.90. The third-order valence-electron chi connectivity index (χ3n) is 2.84. The van der Waals surface area contributed by atoms with E-state index >= 15 is 0 Å². The Hall–Kier alpha value is -1.31. The van der Waals surface area contributed by atoms with Gasteiger partial charge in [-0.2, -0.15) is 13.2 Å². The fraction of sp³-hybridized carbons (Fsp3) is 0.667. The maximum absolute atomic E-state index is 11.9. The van der Waals surface area contributed by atoms with E-state index in [9.17, 15) is 18.0 Å². The molecule has 0 aliphatic carbocycles. The Morgan fingerprint density at radius 1 is 1.40 bits per heavy atom. The summed E-state index contributed by atoms with van der Waals surface area (Å²) >= 11 is 1.25. The molecule has 1 aromatic heterocycles. The highest BCUT2D eigenvalue weighted by Crippen LogP contribution is 2.27. The van der Waals surface area contributed by atoms with Gasteiger partial charge >= 0.3 is 12.1 Å². The lowest BCUT2D eigenvalue weighted by molar-refractivity contribution is -0.142. The zero-order valence-electron chi connectivity index (χ0n) is 11.3. The summed E-state index contributed by atoms with van der Waals surface area (Å²) in [5, 5.41) is 14.1. The molecule has 114 valence electrons. The van der Waals surface area contributed by atoms with Crippen molar-refractivity contribution in [1.82, 2.24) is 4.98 Å². The first-order chi connectivity index (χ1) is 9.13. The van der Waals surface area contributed by atoms with Gasteiger partial charge in [-0.3, -0.25) is 4.79 Å². The van der Waals surface area contributed by atoms with Gasteiger partial charge in [0.25, 0.3) is 0 Å². The van der Waals surface area contributed by atoms with E-state index in [0.717, 1.165) is 0 Å². The molecule has 4 nitrogen and oxygen atoms in total. The van der Waals surface area contributed by atoms with Crippen molar-refractivity contribution in [2.24, 2.45) is 0 Å². The van der Waals surface area contributed by atoms with Gasteiger partial charge in [-0.05, 0) is 26.7 Å². The van der Waals surface area contributed by atoms with Crippen LogP contribution in [-0.4, -0.2) is 28.8 Å². The number of aromatic nitrogens is 1. The second-order valence-corrected chi connectivity index (χ2v) is 5.83. The lowest BCUT2D eigenvalue weighted by Crippen LogP contribution is -2.28. The second-order valence-electron chi connectivity index (χ2n) is 4.97. The zero-order valence-corrected chi connectivity index (χ0v) is 12.1. The van der Waals surface area contributed by atoms with Gasteiger partial charge in [0.05, 0.1) is 5.69 Å². The lowest BCUT2D eigenvalue weighted by Gasteiger charge is -2.15. The molecule has 0 aliphatic rings. The molecule has 8 heteroatoms. The minimum atomic E-state index is -4.11. The number of carboxylic acids is 1. The molecule has 0 bridgehead atoms. The molecule has 1 heterocycles.